The van der Waals surface area contributed by atoms with Gasteiger partial charge in [0.25, 0.3) is 5.91 Å². The summed E-state index contributed by atoms with van der Waals surface area (Å²) in [6.45, 7) is 0.302. The lowest BCUT2D eigenvalue weighted by Crippen LogP contribution is -2.17. The predicted octanol–water partition coefficient (Wildman–Crippen LogP) is 5.82. The number of fused-ring (bicyclic) bond motifs is 1. The van der Waals surface area contributed by atoms with E-state index in [1.165, 1.54) is 0 Å². The first-order valence-corrected chi connectivity index (χ1v) is 9.92. The Morgan fingerprint density at radius 2 is 1.87 bits per heavy atom. The summed E-state index contributed by atoms with van der Waals surface area (Å²) in [6, 6.07) is 19.9. The van der Waals surface area contributed by atoms with Gasteiger partial charge in [0.05, 0.1) is 6.21 Å². The number of nitrogens with zero attached hydrogens (tertiary/aromatic N) is 1. The number of hydrogen-bond acceptors (Lipinski definition) is 3. The molecule has 150 valence electrons. The molecule has 0 aliphatic carbocycles. The number of benzene rings is 3. The SMILES string of the molecule is O=C(N/N=C/c1c[nH]c2ccccc12)c1ccc(OCc2ccc(Cl)cc2Cl)cc1. The highest BCUT2D eigenvalue weighted by Crippen LogP contribution is 2.23. The molecule has 0 unspecified atom stereocenters. The second-order valence-corrected chi connectivity index (χ2v) is 7.38. The molecule has 0 aliphatic rings. The first-order chi connectivity index (χ1) is 14.6. The van der Waals surface area contributed by atoms with Crippen LogP contribution < -0.4 is 10.2 Å². The Bertz CT molecular complexity index is 1220. The van der Waals surface area contributed by atoms with Crippen LogP contribution in [0.15, 0.2) is 78.0 Å². The van der Waals surface area contributed by atoms with E-state index in [0.29, 0.717) is 28.0 Å². The maximum Gasteiger partial charge on any atom is 0.271 e. The van der Waals surface area contributed by atoms with Crippen molar-refractivity contribution in [3.8, 4) is 5.75 Å². The summed E-state index contributed by atoms with van der Waals surface area (Å²) in [5, 5.41) is 6.22. The van der Waals surface area contributed by atoms with Crippen molar-refractivity contribution in [3.63, 3.8) is 0 Å². The van der Waals surface area contributed by atoms with Gasteiger partial charge in [-0.25, -0.2) is 5.43 Å². The van der Waals surface area contributed by atoms with Gasteiger partial charge in [-0.05, 0) is 42.5 Å². The summed E-state index contributed by atoms with van der Waals surface area (Å²) in [5.74, 6) is 0.318. The topological polar surface area (TPSA) is 66.5 Å². The smallest absolute Gasteiger partial charge is 0.271 e. The Balaban J connectivity index is 1.34. The number of carbonyl (C=O) groups is 1. The second kappa shape index (κ2) is 9.03. The van der Waals surface area contributed by atoms with Crippen LogP contribution in [-0.4, -0.2) is 17.1 Å². The molecule has 1 aromatic heterocycles. The fraction of sp³-hybridized carbons (Fsp3) is 0.0435. The molecule has 0 spiro atoms. The molecule has 1 amide bonds. The number of rotatable bonds is 6. The van der Waals surface area contributed by atoms with Crippen molar-refractivity contribution < 1.29 is 9.53 Å². The van der Waals surface area contributed by atoms with Gasteiger partial charge in [-0.2, -0.15) is 5.10 Å². The number of ether oxygens (including phenoxy) is 1. The first-order valence-electron chi connectivity index (χ1n) is 9.16. The van der Waals surface area contributed by atoms with Gasteiger partial charge >= 0.3 is 0 Å². The Morgan fingerprint density at radius 3 is 2.67 bits per heavy atom. The minimum Gasteiger partial charge on any atom is -0.489 e. The van der Waals surface area contributed by atoms with Crippen LogP contribution in [0.3, 0.4) is 0 Å². The highest BCUT2D eigenvalue weighted by atomic mass is 35.5. The zero-order chi connectivity index (χ0) is 20.9. The zero-order valence-corrected chi connectivity index (χ0v) is 17.2. The van der Waals surface area contributed by atoms with Crippen LogP contribution in [0.4, 0.5) is 0 Å². The highest BCUT2D eigenvalue weighted by Gasteiger charge is 2.06. The summed E-state index contributed by atoms with van der Waals surface area (Å²) in [6.07, 6.45) is 3.46. The van der Waals surface area contributed by atoms with E-state index in [2.05, 4.69) is 15.5 Å². The lowest BCUT2D eigenvalue weighted by molar-refractivity contribution is 0.0955. The average Bonchev–Trinajstić information content (AvgIpc) is 3.17. The molecule has 0 fully saturated rings. The van der Waals surface area contributed by atoms with Crippen molar-refractivity contribution in [2.45, 2.75) is 6.61 Å². The molecule has 3 aromatic carbocycles. The number of aromatic amines is 1. The molecule has 5 nitrogen and oxygen atoms in total. The van der Waals surface area contributed by atoms with Crippen molar-refractivity contribution in [1.29, 1.82) is 0 Å². The van der Waals surface area contributed by atoms with E-state index in [0.717, 1.165) is 22.0 Å². The molecule has 2 N–H and O–H groups in total. The number of amides is 1. The lowest BCUT2D eigenvalue weighted by Gasteiger charge is -2.08. The molecule has 1 heterocycles. The average molecular weight is 438 g/mol. The summed E-state index contributed by atoms with van der Waals surface area (Å²) < 4.78 is 5.73. The molecule has 4 rings (SSSR count). The molecule has 0 radical (unpaired) electrons. The van der Waals surface area contributed by atoms with Gasteiger partial charge in [0.2, 0.25) is 0 Å². The standard InChI is InChI=1S/C23H17Cl2N3O2/c24-18-8-5-16(21(25)11-18)14-30-19-9-6-15(7-10-19)23(29)28-27-13-17-12-26-22-4-2-1-3-20(17)22/h1-13,26H,14H2,(H,28,29)/b27-13+. The Labute approximate surface area is 183 Å². The maximum absolute atomic E-state index is 12.3. The van der Waals surface area contributed by atoms with Gasteiger partial charge in [-0.15, -0.1) is 0 Å². The zero-order valence-electron chi connectivity index (χ0n) is 15.7. The lowest BCUT2D eigenvalue weighted by atomic mass is 10.2. The fourth-order valence-corrected chi connectivity index (χ4v) is 3.39. The molecule has 0 bridgehead atoms. The van der Waals surface area contributed by atoms with Crippen LogP contribution >= 0.6 is 23.2 Å². The number of halogens is 2. The van der Waals surface area contributed by atoms with Crippen molar-refractivity contribution in [3.05, 3.63) is 99.7 Å². The summed E-state index contributed by atoms with van der Waals surface area (Å²) in [4.78, 5) is 15.5. The van der Waals surface area contributed by atoms with Gasteiger partial charge in [0.1, 0.15) is 12.4 Å². The van der Waals surface area contributed by atoms with Crippen LogP contribution in [0.25, 0.3) is 10.9 Å². The van der Waals surface area contributed by atoms with E-state index < -0.39 is 0 Å². The summed E-state index contributed by atoms with van der Waals surface area (Å²) >= 11 is 12.0. The van der Waals surface area contributed by atoms with Crippen molar-refractivity contribution >= 4 is 46.2 Å². The first kappa shape index (κ1) is 20.0. The number of aromatic nitrogens is 1. The second-order valence-electron chi connectivity index (χ2n) is 6.54. The third-order valence-electron chi connectivity index (χ3n) is 4.52. The summed E-state index contributed by atoms with van der Waals surface area (Å²) in [7, 11) is 0. The largest absolute Gasteiger partial charge is 0.489 e. The number of H-pyrrole nitrogens is 1. The number of hydrazone groups is 1. The van der Waals surface area contributed by atoms with E-state index >= 15 is 0 Å². The number of hydrogen-bond donors (Lipinski definition) is 2. The number of carbonyl (C=O) groups excluding carboxylic acids is 1. The van der Waals surface area contributed by atoms with Crippen LogP contribution in [0.1, 0.15) is 21.5 Å². The van der Waals surface area contributed by atoms with Gasteiger partial charge < -0.3 is 9.72 Å². The molecular formula is C23H17Cl2N3O2. The molecule has 0 aliphatic heterocycles. The Morgan fingerprint density at radius 1 is 1.07 bits per heavy atom. The molecule has 0 saturated carbocycles. The third-order valence-corrected chi connectivity index (χ3v) is 5.10. The van der Waals surface area contributed by atoms with E-state index in [1.807, 2.05) is 36.5 Å². The predicted molar refractivity (Wildman–Crippen MR) is 121 cm³/mol. The third kappa shape index (κ3) is 4.64. The summed E-state index contributed by atoms with van der Waals surface area (Å²) in [5.41, 5.74) is 5.75. The minimum absolute atomic E-state index is 0.302. The Hall–Kier alpha value is -3.28. The monoisotopic (exact) mass is 437 g/mol. The number of nitrogens with one attached hydrogen (secondary N) is 2. The fourth-order valence-electron chi connectivity index (χ4n) is 2.93. The van der Waals surface area contributed by atoms with E-state index in [1.54, 1.807) is 42.6 Å². The molecule has 4 aromatic rings. The minimum atomic E-state index is -0.307. The molecule has 0 saturated heterocycles. The van der Waals surface area contributed by atoms with Crippen molar-refractivity contribution in [1.82, 2.24) is 10.4 Å². The van der Waals surface area contributed by atoms with Crippen LogP contribution in [0.5, 0.6) is 5.75 Å². The van der Waals surface area contributed by atoms with Crippen LogP contribution in [0, 0.1) is 0 Å². The molecular weight excluding hydrogens is 421 g/mol. The van der Waals surface area contributed by atoms with Crippen LogP contribution in [0.2, 0.25) is 10.0 Å². The Kier molecular flexibility index (Phi) is 6.02. The van der Waals surface area contributed by atoms with E-state index in [-0.39, 0.29) is 5.91 Å². The van der Waals surface area contributed by atoms with Gasteiger partial charge in [0, 0.05) is 43.8 Å². The molecule has 30 heavy (non-hydrogen) atoms. The molecule has 0 atom stereocenters. The molecule has 7 heteroatoms. The number of para-hydroxylation sites is 1. The maximum atomic E-state index is 12.3. The quantitative estimate of drug-likeness (QED) is 0.294. The van der Waals surface area contributed by atoms with Crippen molar-refractivity contribution in [2.75, 3.05) is 0 Å². The highest BCUT2D eigenvalue weighted by molar-refractivity contribution is 6.35. The normalized spacial score (nSPS) is 11.1. The van der Waals surface area contributed by atoms with E-state index in [4.69, 9.17) is 27.9 Å². The van der Waals surface area contributed by atoms with E-state index in [9.17, 15) is 4.79 Å². The van der Waals surface area contributed by atoms with Gasteiger partial charge in [-0.1, -0.05) is 47.5 Å². The van der Waals surface area contributed by atoms with Gasteiger partial charge in [-0.3, -0.25) is 4.79 Å². The van der Waals surface area contributed by atoms with Crippen LogP contribution in [-0.2, 0) is 6.61 Å². The van der Waals surface area contributed by atoms with Crippen molar-refractivity contribution in [2.24, 2.45) is 5.10 Å². The van der Waals surface area contributed by atoms with Gasteiger partial charge in [0.15, 0.2) is 0 Å².